The molecule has 2 atom stereocenters. The summed E-state index contributed by atoms with van der Waals surface area (Å²) in [6.07, 6.45) is 3.77. The van der Waals surface area contributed by atoms with Gasteiger partial charge in [0.2, 0.25) is 0 Å². The van der Waals surface area contributed by atoms with Crippen LogP contribution in [0.5, 0.6) is 5.75 Å². The Morgan fingerprint density at radius 2 is 2.20 bits per heavy atom. The summed E-state index contributed by atoms with van der Waals surface area (Å²) in [7, 11) is 0. The summed E-state index contributed by atoms with van der Waals surface area (Å²) < 4.78 is 5.62. The first-order chi connectivity index (χ1) is 9.65. The Balaban J connectivity index is 2.17. The van der Waals surface area contributed by atoms with E-state index in [1.165, 1.54) is 5.56 Å². The standard InChI is InChI=1S/C16H27NO2S/c1-4-14-6-5-7-16(10-14)19-12-15(18)11-17-9-8-13(2)20-3/h5-7,10,13,15,17-18H,4,8-9,11-12H2,1-3H3. The highest BCUT2D eigenvalue weighted by molar-refractivity contribution is 7.99. The van der Waals surface area contributed by atoms with Gasteiger partial charge in [-0.25, -0.2) is 0 Å². The van der Waals surface area contributed by atoms with Crippen LogP contribution in [0.4, 0.5) is 0 Å². The predicted octanol–water partition coefficient (Wildman–Crippen LogP) is 2.72. The molecule has 0 aliphatic heterocycles. The molecule has 0 aliphatic carbocycles. The van der Waals surface area contributed by atoms with Crippen molar-refractivity contribution in [2.45, 2.75) is 38.0 Å². The number of hydrogen-bond donors (Lipinski definition) is 2. The van der Waals surface area contributed by atoms with Crippen molar-refractivity contribution in [1.82, 2.24) is 5.32 Å². The van der Waals surface area contributed by atoms with Crippen LogP contribution in [0.15, 0.2) is 24.3 Å². The van der Waals surface area contributed by atoms with Gasteiger partial charge < -0.3 is 15.2 Å². The molecule has 2 unspecified atom stereocenters. The maximum absolute atomic E-state index is 9.87. The summed E-state index contributed by atoms with van der Waals surface area (Å²) in [6.45, 7) is 6.18. The quantitative estimate of drug-likeness (QED) is 0.652. The fourth-order valence-corrected chi connectivity index (χ4v) is 2.15. The third-order valence-electron chi connectivity index (χ3n) is 3.26. The Kier molecular flexibility index (Phi) is 8.74. The van der Waals surface area contributed by atoms with Crippen LogP contribution in [-0.4, -0.2) is 42.4 Å². The van der Waals surface area contributed by atoms with E-state index in [1.807, 2.05) is 30.0 Å². The van der Waals surface area contributed by atoms with Gasteiger partial charge in [-0.1, -0.05) is 26.0 Å². The van der Waals surface area contributed by atoms with Crippen molar-refractivity contribution in [1.29, 1.82) is 0 Å². The highest BCUT2D eigenvalue weighted by Gasteiger charge is 2.06. The van der Waals surface area contributed by atoms with Crippen LogP contribution >= 0.6 is 11.8 Å². The zero-order valence-corrected chi connectivity index (χ0v) is 13.6. The smallest absolute Gasteiger partial charge is 0.119 e. The molecule has 1 rings (SSSR count). The second-order valence-corrected chi connectivity index (χ2v) is 6.28. The summed E-state index contributed by atoms with van der Waals surface area (Å²) >= 11 is 1.87. The summed E-state index contributed by atoms with van der Waals surface area (Å²) in [5, 5.41) is 13.8. The van der Waals surface area contributed by atoms with Crippen molar-refractivity contribution in [2.24, 2.45) is 0 Å². The van der Waals surface area contributed by atoms with E-state index in [9.17, 15) is 5.11 Å². The molecule has 0 saturated carbocycles. The van der Waals surface area contributed by atoms with Crippen molar-refractivity contribution >= 4 is 11.8 Å². The SMILES string of the molecule is CCc1cccc(OCC(O)CNCCC(C)SC)c1. The monoisotopic (exact) mass is 297 g/mol. The number of hydrogen-bond acceptors (Lipinski definition) is 4. The third-order valence-corrected chi connectivity index (χ3v) is 4.30. The van der Waals surface area contributed by atoms with Gasteiger partial charge in [-0.3, -0.25) is 0 Å². The molecule has 0 spiro atoms. The third kappa shape index (κ3) is 7.17. The Labute approximate surface area is 127 Å². The molecule has 0 aromatic heterocycles. The molecular weight excluding hydrogens is 270 g/mol. The highest BCUT2D eigenvalue weighted by Crippen LogP contribution is 2.13. The van der Waals surface area contributed by atoms with E-state index in [-0.39, 0.29) is 0 Å². The molecule has 4 heteroatoms. The van der Waals surface area contributed by atoms with Crippen LogP contribution < -0.4 is 10.1 Å². The zero-order valence-electron chi connectivity index (χ0n) is 12.8. The fourth-order valence-electron chi connectivity index (χ4n) is 1.80. The molecule has 1 aromatic carbocycles. The zero-order chi connectivity index (χ0) is 14.8. The highest BCUT2D eigenvalue weighted by atomic mass is 32.2. The average molecular weight is 297 g/mol. The van der Waals surface area contributed by atoms with E-state index in [2.05, 4.69) is 31.5 Å². The lowest BCUT2D eigenvalue weighted by Crippen LogP contribution is -2.32. The molecule has 0 amide bonds. The second kappa shape index (κ2) is 10.1. The van der Waals surface area contributed by atoms with Gasteiger partial charge in [0.25, 0.3) is 0 Å². The molecule has 3 nitrogen and oxygen atoms in total. The molecule has 2 N–H and O–H groups in total. The molecule has 0 aliphatic rings. The first-order valence-electron chi connectivity index (χ1n) is 7.29. The number of thioether (sulfide) groups is 1. The molecule has 114 valence electrons. The van der Waals surface area contributed by atoms with Crippen LogP contribution in [0.25, 0.3) is 0 Å². The van der Waals surface area contributed by atoms with Gasteiger partial charge in [-0.05, 0) is 43.3 Å². The topological polar surface area (TPSA) is 41.5 Å². The summed E-state index contributed by atoms with van der Waals surface area (Å²) in [5.74, 6) is 0.833. The number of aliphatic hydroxyl groups is 1. The van der Waals surface area contributed by atoms with Gasteiger partial charge in [-0.15, -0.1) is 0 Å². The maximum Gasteiger partial charge on any atom is 0.119 e. The number of aliphatic hydroxyl groups excluding tert-OH is 1. The van der Waals surface area contributed by atoms with Gasteiger partial charge in [-0.2, -0.15) is 11.8 Å². The van der Waals surface area contributed by atoms with Gasteiger partial charge in [0.1, 0.15) is 18.5 Å². The number of rotatable bonds is 10. The second-order valence-electron chi connectivity index (χ2n) is 5.00. The molecule has 0 fully saturated rings. The van der Waals surface area contributed by atoms with Gasteiger partial charge in [0.15, 0.2) is 0 Å². The first-order valence-corrected chi connectivity index (χ1v) is 8.57. The number of ether oxygens (including phenoxy) is 1. The van der Waals surface area contributed by atoms with E-state index < -0.39 is 6.10 Å². The lowest BCUT2D eigenvalue weighted by Gasteiger charge is -2.14. The van der Waals surface area contributed by atoms with Crippen LogP contribution in [-0.2, 0) is 6.42 Å². The van der Waals surface area contributed by atoms with Gasteiger partial charge in [0, 0.05) is 11.8 Å². The average Bonchev–Trinajstić information content (AvgIpc) is 2.49. The molecule has 0 bridgehead atoms. The van der Waals surface area contributed by atoms with E-state index in [4.69, 9.17) is 4.74 Å². The van der Waals surface area contributed by atoms with Crippen molar-refractivity contribution in [3.63, 3.8) is 0 Å². The minimum Gasteiger partial charge on any atom is -0.491 e. The lowest BCUT2D eigenvalue weighted by atomic mass is 10.2. The van der Waals surface area contributed by atoms with Gasteiger partial charge in [0.05, 0.1) is 0 Å². The van der Waals surface area contributed by atoms with Gasteiger partial charge >= 0.3 is 0 Å². The van der Waals surface area contributed by atoms with Crippen LogP contribution in [0.1, 0.15) is 25.8 Å². The maximum atomic E-state index is 9.87. The van der Waals surface area contributed by atoms with Crippen LogP contribution in [0, 0.1) is 0 Å². The van der Waals surface area contributed by atoms with E-state index in [1.54, 1.807) is 0 Å². The number of aryl methyl sites for hydroxylation is 1. The largest absolute Gasteiger partial charge is 0.491 e. The van der Waals surface area contributed by atoms with Crippen LogP contribution in [0.2, 0.25) is 0 Å². The number of benzene rings is 1. The van der Waals surface area contributed by atoms with Crippen molar-refractivity contribution < 1.29 is 9.84 Å². The molecular formula is C16H27NO2S. The van der Waals surface area contributed by atoms with Crippen molar-refractivity contribution in [2.75, 3.05) is 26.0 Å². The van der Waals surface area contributed by atoms with E-state index in [0.29, 0.717) is 18.4 Å². The van der Waals surface area contributed by atoms with Crippen molar-refractivity contribution in [3.05, 3.63) is 29.8 Å². The van der Waals surface area contributed by atoms with Crippen molar-refractivity contribution in [3.8, 4) is 5.75 Å². The first kappa shape index (κ1) is 17.3. The lowest BCUT2D eigenvalue weighted by molar-refractivity contribution is 0.106. The fraction of sp³-hybridized carbons (Fsp3) is 0.625. The Morgan fingerprint density at radius 1 is 1.40 bits per heavy atom. The molecule has 0 radical (unpaired) electrons. The molecule has 1 aromatic rings. The normalized spacial score (nSPS) is 14.0. The Morgan fingerprint density at radius 3 is 2.90 bits per heavy atom. The van der Waals surface area contributed by atoms with E-state index in [0.717, 1.165) is 25.1 Å². The molecule has 20 heavy (non-hydrogen) atoms. The van der Waals surface area contributed by atoms with E-state index >= 15 is 0 Å². The molecule has 0 saturated heterocycles. The Bertz CT molecular complexity index is 373. The molecule has 0 heterocycles. The number of nitrogens with one attached hydrogen (secondary N) is 1. The Hall–Kier alpha value is -0.710. The van der Waals surface area contributed by atoms with Crippen LogP contribution in [0.3, 0.4) is 0 Å². The summed E-state index contributed by atoms with van der Waals surface area (Å²) in [5.41, 5.74) is 1.25. The predicted molar refractivity (Wildman–Crippen MR) is 87.8 cm³/mol. The minimum atomic E-state index is -0.468. The summed E-state index contributed by atoms with van der Waals surface area (Å²) in [4.78, 5) is 0. The minimum absolute atomic E-state index is 0.332. The summed E-state index contributed by atoms with van der Waals surface area (Å²) in [6, 6.07) is 8.03.